The zero-order chi connectivity index (χ0) is 11.0. The van der Waals surface area contributed by atoms with Gasteiger partial charge in [-0.15, -0.1) is 5.10 Å². The van der Waals surface area contributed by atoms with Gasteiger partial charge in [-0.1, -0.05) is 35.5 Å². The van der Waals surface area contributed by atoms with Crippen LogP contribution in [0.2, 0.25) is 0 Å². The molecule has 0 saturated heterocycles. The van der Waals surface area contributed by atoms with Crippen LogP contribution < -0.4 is 0 Å². The molecule has 0 atom stereocenters. The molecule has 17 heavy (non-hydrogen) atoms. The zero-order valence-corrected chi connectivity index (χ0v) is 9.88. The van der Waals surface area contributed by atoms with Gasteiger partial charge in [0.1, 0.15) is 11.3 Å². The van der Waals surface area contributed by atoms with Crippen molar-refractivity contribution in [2.45, 2.75) is 0 Å². The highest BCUT2D eigenvalue weighted by atomic mass is 28.1. The minimum atomic E-state index is 0. The number of H-pyrrole nitrogens is 1. The fourth-order valence-corrected chi connectivity index (χ4v) is 1.79. The van der Waals surface area contributed by atoms with Gasteiger partial charge in [0.05, 0.1) is 11.1 Å². The Morgan fingerprint density at radius 3 is 2.53 bits per heavy atom. The third-order valence-corrected chi connectivity index (χ3v) is 2.54. The van der Waals surface area contributed by atoms with E-state index in [4.69, 9.17) is 0 Å². The quantitative estimate of drug-likeness (QED) is 0.638. The number of nitrogens with one attached hydrogen (secondary N) is 1. The van der Waals surface area contributed by atoms with Gasteiger partial charge in [-0.3, -0.25) is 5.10 Å². The maximum atomic E-state index is 9.90. The molecule has 0 aliphatic carbocycles. The largest absolute Gasteiger partial charge is 0.507 e. The summed E-state index contributed by atoms with van der Waals surface area (Å²) < 4.78 is 0. The van der Waals surface area contributed by atoms with E-state index in [1.165, 1.54) is 0 Å². The summed E-state index contributed by atoms with van der Waals surface area (Å²) in [6, 6.07) is 13.1. The van der Waals surface area contributed by atoms with E-state index in [0.29, 0.717) is 11.1 Å². The van der Waals surface area contributed by atoms with Gasteiger partial charge in [0.25, 0.3) is 0 Å². The van der Waals surface area contributed by atoms with Crippen molar-refractivity contribution in [1.29, 1.82) is 0 Å². The Bertz CT molecular complexity index is 637. The molecule has 5 heteroatoms. The Balaban J connectivity index is 0.00000108. The molecule has 2 aromatic carbocycles. The molecular weight excluding hydrogens is 230 g/mol. The van der Waals surface area contributed by atoms with Crippen molar-refractivity contribution in [3.05, 3.63) is 42.5 Å². The van der Waals surface area contributed by atoms with Crippen LogP contribution in [0.3, 0.4) is 0 Å². The molecule has 2 N–H and O–H groups in total. The van der Waals surface area contributed by atoms with Gasteiger partial charge in [0, 0.05) is 11.0 Å². The summed E-state index contributed by atoms with van der Waals surface area (Å²) in [6.45, 7) is 0. The molecule has 0 unspecified atom stereocenters. The van der Waals surface area contributed by atoms with E-state index < -0.39 is 0 Å². The molecule has 4 nitrogen and oxygen atoms in total. The van der Waals surface area contributed by atoms with Crippen molar-refractivity contribution in [3.63, 3.8) is 0 Å². The first-order valence-electron chi connectivity index (χ1n) is 4.94. The van der Waals surface area contributed by atoms with Crippen LogP contribution in [0.25, 0.3) is 22.2 Å². The van der Waals surface area contributed by atoms with Crippen molar-refractivity contribution in [2.24, 2.45) is 0 Å². The summed E-state index contributed by atoms with van der Waals surface area (Å²) in [7, 11) is 0. The van der Waals surface area contributed by atoms with Crippen LogP contribution in [0.4, 0.5) is 0 Å². The number of hydrogen-bond acceptors (Lipinski definition) is 3. The molecule has 0 spiro atoms. The third kappa shape index (κ3) is 1.80. The second-order valence-corrected chi connectivity index (χ2v) is 3.53. The number of benzene rings is 2. The van der Waals surface area contributed by atoms with Crippen LogP contribution in [0, 0.1) is 0 Å². The number of rotatable bonds is 1. The molecule has 3 rings (SSSR count). The number of fused-ring (bicyclic) bond motifs is 1. The van der Waals surface area contributed by atoms with Gasteiger partial charge in [0.15, 0.2) is 0 Å². The lowest BCUT2D eigenvalue weighted by molar-refractivity contribution is 0.478. The molecule has 0 aliphatic heterocycles. The molecule has 0 saturated carbocycles. The van der Waals surface area contributed by atoms with Crippen molar-refractivity contribution < 1.29 is 5.11 Å². The minimum absolute atomic E-state index is 0. The van der Waals surface area contributed by atoms with E-state index in [9.17, 15) is 5.11 Å². The van der Waals surface area contributed by atoms with Crippen molar-refractivity contribution in [1.82, 2.24) is 15.4 Å². The number of aromatic hydroxyl groups is 1. The second kappa shape index (κ2) is 4.38. The molecule has 82 valence electrons. The topological polar surface area (TPSA) is 61.8 Å². The fraction of sp³-hybridized carbons (Fsp3) is 0. The summed E-state index contributed by atoms with van der Waals surface area (Å²) in [6.07, 6.45) is 0. The smallest absolute Gasteiger partial charge is 0.125 e. The average molecular weight is 239 g/mol. The van der Waals surface area contributed by atoms with E-state index >= 15 is 0 Å². The molecule has 0 amide bonds. The number of aromatic amines is 1. The minimum Gasteiger partial charge on any atom is -0.507 e. The monoisotopic (exact) mass is 239 g/mol. The van der Waals surface area contributed by atoms with Gasteiger partial charge in [-0.2, -0.15) is 0 Å². The van der Waals surface area contributed by atoms with E-state index in [0.717, 1.165) is 11.1 Å². The molecule has 0 aliphatic rings. The Morgan fingerprint density at radius 1 is 1.00 bits per heavy atom. The van der Waals surface area contributed by atoms with E-state index in [2.05, 4.69) is 15.4 Å². The molecule has 0 bridgehead atoms. The summed E-state index contributed by atoms with van der Waals surface area (Å²) in [5.41, 5.74) is 3.15. The fourth-order valence-electron chi connectivity index (χ4n) is 1.79. The van der Waals surface area contributed by atoms with Gasteiger partial charge < -0.3 is 5.11 Å². The van der Waals surface area contributed by atoms with Crippen LogP contribution in [-0.4, -0.2) is 31.5 Å². The summed E-state index contributed by atoms with van der Waals surface area (Å²) >= 11 is 0. The molecule has 0 fully saturated rings. The van der Waals surface area contributed by atoms with Crippen molar-refractivity contribution in [3.8, 4) is 16.9 Å². The van der Waals surface area contributed by atoms with E-state index in [-0.39, 0.29) is 16.7 Å². The van der Waals surface area contributed by atoms with Gasteiger partial charge in [0.2, 0.25) is 0 Å². The molecular formula is C12H9N3OSi. The van der Waals surface area contributed by atoms with Crippen LogP contribution in [0.15, 0.2) is 42.5 Å². The number of phenols is 1. The highest BCUT2D eigenvalue weighted by Gasteiger charge is 2.11. The summed E-state index contributed by atoms with van der Waals surface area (Å²) in [5.74, 6) is 0.215. The lowest BCUT2D eigenvalue weighted by Crippen LogP contribution is -1.81. The normalized spacial score (nSPS) is 10.1. The molecule has 1 aromatic heterocycles. The summed E-state index contributed by atoms with van der Waals surface area (Å²) in [4.78, 5) is 0. The first-order chi connectivity index (χ1) is 7.86. The molecule has 1 heterocycles. The number of hydrogen-bond donors (Lipinski definition) is 2. The third-order valence-electron chi connectivity index (χ3n) is 2.54. The van der Waals surface area contributed by atoms with Gasteiger partial charge in [-0.05, 0) is 17.7 Å². The Kier molecular flexibility index (Phi) is 2.93. The Hall–Kier alpha value is -2.14. The first-order valence-corrected chi connectivity index (χ1v) is 4.94. The lowest BCUT2D eigenvalue weighted by Gasteiger charge is -2.04. The highest BCUT2D eigenvalue weighted by Crippen LogP contribution is 2.34. The zero-order valence-electron chi connectivity index (χ0n) is 8.88. The SMILES string of the molecule is Oc1ccc2[nH]nnc2c1-c1ccccc1.[Si]. The predicted molar refractivity (Wildman–Crippen MR) is 66.7 cm³/mol. The number of nitrogens with zero attached hydrogens (tertiary/aromatic N) is 2. The van der Waals surface area contributed by atoms with Crippen LogP contribution in [0.5, 0.6) is 5.75 Å². The van der Waals surface area contributed by atoms with Gasteiger partial charge in [-0.25, -0.2) is 0 Å². The van der Waals surface area contributed by atoms with Crippen molar-refractivity contribution in [2.75, 3.05) is 0 Å². The van der Waals surface area contributed by atoms with Crippen molar-refractivity contribution >= 4 is 22.0 Å². The van der Waals surface area contributed by atoms with Crippen LogP contribution in [-0.2, 0) is 0 Å². The predicted octanol–water partition coefficient (Wildman–Crippen LogP) is 1.95. The van der Waals surface area contributed by atoms with Gasteiger partial charge >= 0.3 is 0 Å². The maximum Gasteiger partial charge on any atom is 0.125 e. The molecule has 3 aromatic rings. The Labute approximate surface area is 102 Å². The Morgan fingerprint density at radius 2 is 1.76 bits per heavy atom. The van der Waals surface area contributed by atoms with Crippen LogP contribution >= 0.6 is 0 Å². The highest BCUT2D eigenvalue weighted by molar-refractivity contribution is 5.94. The van der Waals surface area contributed by atoms with E-state index in [1.807, 2.05) is 30.3 Å². The lowest BCUT2D eigenvalue weighted by atomic mass is 10.0. The average Bonchev–Trinajstić information content (AvgIpc) is 2.78. The second-order valence-electron chi connectivity index (χ2n) is 3.53. The maximum absolute atomic E-state index is 9.90. The molecule has 4 radical (unpaired) electrons. The van der Waals surface area contributed by atoms with Crippen LogP contribution in [0.1, 0.15) is 0 Å². The van der Waals surface area contributed by atoms with E-state index in [1.54, 1.807) is 12.1 Å². The number of aromatic nitrogens is 3. The summed E-state index contributed by atoms with van der Waals surface area (Å²) in [5, 5.41) is 20.4. The standard InChI is InChI=1S/C12H9N3O.Si/c16-10-7-6-9-12(14-15-13-9)11(10)8-4-2-1-3-5-8;/h1-7,16H,(H,13,14,15);. The first kappa shape index (κ1) is 11.3. The number of phenolic OH excluding ortho intramolecular Hbond substituents is 1.